The van der Waals surface area contributed by atoms with E-state index in [-0.39, 0.29) is 5.41 Å². The number of rotatable bonds is 1. The first-order chi connectivity index (χ1) is 9.77. The monoisotopic (exact) mass is 270 g/mol. The van der Waals surface area contributed by atoms with Gasteiger partial charge in [-0.3, -0.25) is 5.10 Å². The third kappa shape index (κ3) is 1.67. The molecule has 1 atom stereocenters. The van der Waals surface area contributed by atoms with Gasteiger partial charge >= 0.3 is 0 Å². The van der Waals surface area contributed by atoms with Crippen molar-refractivity contribution in [3.8, 4) is 0 Å². The van der Waals surface area contributed by atoms with Crippen molar-refractivity contribution in [1.29, 1.82) is 0 Å². The summed E-state index contributed by atoms with van der Waals surface area (Å²) < 4.78 is 0. The van der Waals surface area contributed by atoms with E-state index < -0.39 is 0 Å². The van der Waals surface area contributed by atoms with Gasteiger partial charge in [0.25, 0.3) is 0 Å². The second-order valence-electron chi connectivity index (χ2n) is 5.85. The molecule has 1 fully saturated rings. The van der Waals surface area contributed by atoms with Crippen molar-refractivity contribution < 1.29 is 0 Å². The van der Waals surface area contributed by atoms with Gasteiger partial charge in [0.2, 0.25) is 5.95 Å². The van der Waals surface area contributed by atoms with E-state index in [9.17, 15) is 0 Å². The Bertz CT molecular complexity index is 636. The van der Waals surface area contributed by atoms with Crippen molar-refractivity contribution in [2.75, 3.05) is 23.7 Å². The minimum atomic E-state index is 0.212. The van der Waals surface area contributed by atoms with Gasteiger partial charge < -0.3 is 10.6 Å². The number of nitrogen functional groups attached to an aromatic ring is 1. The Balaban J connectivity index is 1.66. The van der Waals surface area contributed by atoms with Gasteiger partial charge in [-0.15, -0.1) is 0 Å². The number of hydrogen-bond acceptors (Lipinski definition) is 5. The predicted octanol–water partition coefficient (Wildman–Crippen LogP) is 1.27. The highest BCUT2D eigenvalue weighted by molar-refractivity contribution is 5.45. The van der Waals surface area contributed by atoms with E-state index in [2.05, 4.69) is 25.1 Å². The van der Waals surface area contributed by atoms with Gasteiger partial charge in [-0.05, 0) is 37.3 Å². The first kappa shape index (κ1) is 11.7. The third-order valence-electron chi connectivity index (χ3n) is 4.68. The van der Waals surface area contributed by atoms with E-state index >= 15 is 0 Å². The number of nitrogens with one attached hydrogen (secondary N) is 1. The van der Waals surface area contributed by atoms with Crippen molar-refractivity contribution in [3.05, 3.63) is 29.7 Å². The van der Waals surface area contributed by atoms with Crippen LogP contribution in [0.4, 0.5) is 11.8 Å². The normalized spacial score (nSPS) is 25.1. The summed E-state index contributed by atoms with van der Waals surface area (Å²) in [6, 6.07) is 1.94. The maximum Gasteiger partial charge on any atom is 0.221 e. The number of fused-ring (bicyclic) bond motifs is 2. The molecule has 0 amide bonds. The maximum absolute atomic E-state index is 5.71. The van der Waals surface area contributed by atoms with Crippen LogP contribution in [0.3, 0.4) is 0 Å². The molecule has 1 unspecified atom stereocenters. The molecule has 1 spiro atoms. The van der Waals surface area contributed by atoms with Crippen molar-refractivity contribution in [1.82, 2.24) is 20.2 Å². The van der Waals surface area contributed by atoms with Crippen LogP contribution >= 0.6 is 0 Å². The average Bonchev–Trinajstić information content (AvgIpc) is 3.05. The van der Waals surface area contributed by atoms with Gasteiger partial charge in [0.05, 0.1) is 6.20 Å². The lowest BCUT2D eigenvalue weighted by Gasteiger charge is -2.41. The van der Waals surface area contributed by atoms with Crippen LogP contribution < -0.4 is 10.6 Å². The lowest BCUT2D eigenvalue weighted by molar-refractivity contribution is 0.331. The predicted molar refractivity (Wildman–Crippen MR) is 76.5 cm³/mol. The van der Waals surface area contributed by atoms with Gasteiger partial charge in [-0.2, -0.15) is 10.1 Å². The minimum absolute atomic E-state index is 0.212. The van der Waals surface area contributed by atoms with Gasteiger partial charge in [0, 0.05) is 30.4 Å². The molecule has 4 rings (SSSR count). The van der Waals surface area contributed by atoms with E-state index in [1.165, 1.54) is 30.5 Å². The summed E-state index contributed by atoms with van der Waals surface area (Å²) in [5, 5.41) is 7.44. The fraction of sp³-hybridized carbons (Fsp3) is 0.500. The Morgan fingerprint density at radius 3 is 3.20 bits per heavy atom. The van der Waals surface area contributed by atoms with Gasteiger partial charge in [-0.1, -0.05) is 0 Å². The number of hydrogen-bond donors (Lipinski definition) is 2. The number of piperidine rings is 1. The quantitative estimate of drug-likeness (QED) is 0.815. The number of nitrogens with zero attached hydrogens (tertiary/aromatic N) is 4. The Morgan fingerprint density at radius 1 is 1.35 bits per heavy atom. The van der Waals surface area contributed by atoms with E-state index in [0.29, 0.717) is 5.95 Å². The second-order valence-corrected chi connectivity index (χ2v) is 5.85. The molecule has 1 aliphatic heterocycles. The highest BCUT2D eigenvalue weighted by Gasteiger charge is 2.43. The zero-order valence-electron chi connectivity index (χ0n) is 11.3. The smallest absolute Gasteiger partial charge is 0.221 e. The first-order valence-electron chi connectivity index (χ1n) is 7.13. The van der Waals surface area contributed by atoms with Crippen LogP contribution in [0.5, 0.6) is 0 Å². The number of anilines is 2. The maximum atomic E-state index is 5.71. The van der Waals surface area contributed by atoms with Crippen LogP contribution in [0, 0.1) is 0 Å². The summed E-state index contributed by atoms with van der Waals surface area (Å²) in [4.78, 5) is 10.7. The summed E-state index contributed by atoms with van der Waals surface area (Å²) in [5.74, 6) is 1.28. The van der Waals surface area contributed by atoms with Crippen molar-refractivity contribution >= 4 is 11.8 Å². The fourth-order valence-electron chi connectivity index (χ4n) is 3.73. The lowest BCUT2D eigenvalue weighted by atomic mass is 9.77. The van der Waals surface area contributed by atoms with Crippen LogP contribution in [-0.2, 0) is 11.8 Å². The molecule has 2 aromatic heterocycles. The summed E-state index contributed by atoms with van der Waals surface area (Å²) in [6.45, 7) is 2.01. The summed E-state index contributed by atoms with van der Waals surface area (Å²) in [7, 11) is 0. The summed E-state index contributed by atoms with van der Waals surface area (Å²) in [5.41, 5.74) is 8.64. The molecule has 20 heavy (non-hydrogen) atoms. The summed E-state index contributed by atoms with van der Waals surface area (Å²) >= 11 is 0. The summed E-state index contributed by atoms with van der Waals surface area (Å²) in [6.07, 6.45) is 8.43. The zero-order chi connectivity index (χ0) is 13.6. The number of H-pyrrole nitrogens is 1. The molecular weight excluding hydrogens is 252 g/mol. The van der Waals surface area contributed by atoms with Gasteiger partial charge in [0.15, 0.2) is 0 Å². The minimum Gasteiger partial charge on any atom is -0.368 e. The van der Waals surface area contributed by atoms with Gasteiger partial charge in [-0.25, -0.2) is 4.98 Å². The molecule has 3 heterocycles. The topological polar surface area (TPSA) is 83.7 Å². The van der Waals surface area contributed by atoms with Gasteiger partial charge in [0.1, 0.15) is 5.82 Å². The molecule has 6 heteroatoms. The standard InChI is InChI=1S/C14H18N6/c15-13-16-6-3-11(18-13)20-7-1-4-14(9-20)5-2-10-8-17-19-12(10)14/h3,6,8H,1-2,4-5,7,9H2,(H,17,19)(H2,15,16,18). The Morgan fingerprint density at radius 2 is 2.30 bits per heavy atom. The number of aromatic nitrogens is 4. The van der Waals surface area contributed by atoms with Crippen LogP contribution in [-0.4, -0.2) is 33.3 Å². The van der Waals surface area contributed by atoms with Crippen LogP contribution in [0.25, 0.3) is 0 Å². The molecule has 104 valence electrons. The molecular formula is C14H18N6. The molecule has 2 aromatic rings. The number of aryl methyl sites for hydroxylation is 1. The molecule has 0 aromatic carbocycles. The van der Waals surface area contributed by atoms with Crippen LogP contribution in [0.2, 0.25) is 0 Å². The fourth-order valence-corrected chi connectivity index (χ4v) is 3.73. The first-order valence-corrected chi connectivity index (χ1v) is 7.13. The van der Waals surface area contributed by atoms with Crippen molar-refractivity contribution in [2.45, 2.75) is 31.1 Å². The lowest BCUT2D eigenvalue weighted by Crippen LogP contribution is -2.45. The largest absolute Gasteiger partial charge is 0.368 e. The van der Waals surface area contributed by atoms with E-state index in [1.807, 2.05) is 12.3 Å². The van der Waals surface area contributed by atoms with E-state index in [4.69, 9.17) is 5.73 Å². The number of aromatic amines is 1. The second kappa shape index (κ2) is 4.19. The van der Waals surface area contributed by atoms with Crippen LogP contribution in [0.15, 0.2) is 18.5 Å². The Labute approximate surface area is 117 Å². The highest BCUT2D eigenvalue weighted by Crippen LogP contribution is 2.44. The molecule has 0 radical (unpaired) electrons. The van der Waals surface area contributed by atoms with Crippen molar-refractivity contribution in [3.63, 3.8) is 0 Å². The molecule has 3 N–H and O–H groups in total. The Hall–Kier alpha value is -2.11. The van der Waals surface area contributed by atoms with E-state index in [1.54, 1.807) is 6.20 Å². The van der Waals surface area contributed by atoms with Crippen molar-refractivity contribution in [2.24, 2.45) is 0 Å². The van der Waals surface area contributed by atoms with E-state index in [0.717, 1.165) is 25.3 Å². The molecule has 1 aliphatic carbocycles. The highest BCUT2D eigenvalue weighted by atomic mass is 15.2. The SMILES string of the molecule is Nc1nccc(N2CCCC3(CCc4cn[nH]c43)C2)n1. The van der Waals surface area contributed by atoms with Crippen LogP contribution in [0.1, 0.15) is 30.5 Å². The Kier molecular flexibility index (Phi) is 2.45. The number of nitrogens with two attached hydrogens (primary N) is 1. The third-order valence-corrected chi connectivity index (χ3v) is 4.68. The molecule has 6 nitrogen and oxygen atoms in total. The average molecular weight is 270 g/mol. The molecule has 1 saturated heterocycles. The zero-order valence-corrected chi connectivity index (χ0v) is 11.3. The molecule has 0 bridgehead atoms. The molecule has 0 saturated carbocycles. The molecule has 2 aliphatic rings.